The number of hydrogen-bond donors (Lipinski definition) is 5. The summed E-state index contributed by atoms with van der Waals surface area (Å²) in [4.78, 5) is 19.7. The monoisotopic (exact) mass is 203 g/mol. The molecular formula is C7H17N5O2. The van der Waals surface area contributed by atoms with Gasteiger partial charge in [0.05, 0.1) is 6.54 Å². The van der Waals surface area contributed by atoms with Gasteiger partial charge in [-0.15, -0.1) is 0 Å². The molecule has 0 bridgehead atoms. The number of carbonyl (C=O) groups excluding carboxylic acids is 2. The molecule has 0 aromatic carbocycles. The zero-order valence-corrected chi connectivity index (χ0v) is 8.01. The van der Waals surface area contributed by atoms with E-state index in [1.807, 2.05) is 5.32 Å². The van der Waals surface area contributed by atoms with Gasteiger partial charge in [-0.05, 0) is 0 Å². The van der Waals surface area contributed by atoms with E-state index in [1.54, 1.807) is 0 Å². The van der Waals surface area contributed by atoms with Crippen molar-refractivity contribution >= 4 is 11.9 Å². The van der Waals surface area contributed by atoms with E-state index in [4.69, 9.17) is 0 Å². The molecule has 7 nitrogen and oxygen atoms in total. The van der Waals surface area contributed by atoms with Gasteiger partial charge in [0.1, 0.15) is 0 Å². The van der Waals surface area contributed by atoms with Crippen molar-refractivity contribution in [1.29, 1.82) is 0 Å². The lowest BCUT2D eigenvalue weighted by Crippen LogP contribution is -2.39. The van der Waals surface area contributed by atoms with Crippen LogP contribution >= 0.6 is 0 Å². The van der Waals surface area contributed by atoms with Gasteiger partial charge in [0.2, 0.25) is 5.91 Å². The largest absolute Gasteiger partial charge is 0.368 e. The van der Waals surface area contributed by atoms with Gasteiger partial charge in [0.25, 0.3) is 0 Å². The highest BCUT2D eigenvalue weighted by molar-refractivity contribution is 5.81. The summed E-state index contributed by atoms with van der Waals surface area (Å²) in [6, 6.07) is -0.746. The Hall–Kier alpha value is -1.34. The molecule has 0 aromatic rings. The fourth-order valence-electron chi connectivity index (χ4n) is 0.778. The van der Waals surface area contributed by atoms with Crippen LogP contribution < -0.4 is 27.4 Å². The molecule has 0 spiro atoms. The molecule has 0 atom stereocenters. The third-order valence-corrected chi connectivity index (χ3v) is 1.39. The number of urea groups is 1. The Balaban J connectivity index is 0.000000249. The zero-order valence-electron chi connectivity index (χ0n) is 8.01. The highest BCUT2D eigenvalue weighted by Gasteiger charge is 1.93. The first-order valence-electron chi connectivity index (χ1n) is 4.36. The number of primary amides is 2. The number of amides is 3. The Labute approximate surface area is 82.6 Å². The molecule has 1 rings (SSSR count). The Kier molecular flexibility index (Phi) is 7.48. The summed E-state index contributed by atoms with van der Waals surface area (Å²) in [7, 11) is 0. The first-order valence-corrected chi connectivity index (χ1v) is 4.36. The minimum atomic E-state index is -0.746. The molecule has 7 heteroatoms. The second-order valence-corrected chi connectivity index (χ2v) is 2.68. The zero-order chi connectivity index (χ0) is 10.8. The van der Waals surface area contributed by atoms with E-state index in [0.29, 0.717) is 0 Å². The molecule has 0 radical (unpaired) electrons. The summed E-state index contributed by atoms with van der Waals surface area (Å²) in [5.41, 5.74) is 9.21. The lowest BCUT2D eigenvalue weighted by Gasteiger charge is -2.11. The summed E-state index contributed by atoms with van der Waals surface area (Å²) in [6.07, 6.45) is 0. The summed E-state index contributed by atoms with van der Waals surface area (Å²) in [6.45, 7) is 4.36. The van der Waals surface area contributed by atoms with Crippen LogP contribution in [0.15, 0.2) is 0 Å². The summed E-state index contributed by atoms with van der Waals surface area (Å²) in [5, 5.41) is 8.45. The average Bonchev–Trinajstić information content (AvgIpc) is 2.18. The SMILES string of the molecule is C1CNCCN1.NC(=O)CNC(N)=O. The second-order valence-electron chi connectivity index (χ2n) is 2.68. The topological polar surface area (TPSA) is 122 Å². The van der Waals surface area contributed by atoms with Crippen molar-refractivity contribution in [1.82, 2.24) is 16.0 Å². The number of hydrogen-bond acceptors (Lipinski definition) is 4. The van der Waals surface area contributed by atoms with E-state index in [0.717, 1.165) is 26.2 Å². The standard InChI is InChI=1S/C4H10N2.C3H7N3O2/c1-2-6-4-3-5-1;4-2(7)1-6-3(5)8/h5-6H,1-4H2;1H2,(H2,4,7)(H3,5,6,8). The van der Waals surface area contributed by atoms with Crippen LogP contribution in [0.5, 0.6) is 0 Å². The number of carbonyl (C=O) groups is 2. The predicted molar refractivity (Wildman–Crippen MR) is 52.5 cm³/mol. The average molecular weight is 203 g/mol. The fourth-order valence-corrected chi connectivity index (χ4v) is 0.778. The van der Waals surface area contributed by atoms with Gasteiger partial charge in [-0.2, -0.15) is 0 Å². The molecular weight excluding hydrogens is 186 g/mol. The van der Waals surface area contributed by atoms with Crippen molar-refractivity contribution in [2.75, 3.05) is 32.7 Å². The van der Waals surface area contributed by atoms with Gasteiger partial charge in [0.15, 0.2) is 0 Å². The Bertz CT molecular complexity index is 155. The molecule has 3 amide bonds. The van der Waals surface area contributed by atoms with Crippen molar-refractivity contribution < 1.29 is 9.59 Å². The van der Waals surface area contributed by atoms with Gasteiger partial charge in [-0.25, -0.2) is 4.79 Å². The normalized spacial score (nSPS) is 14.9. The molecule has 0 unspecified atom stereocenters. The molecule has 0 aliphatic carbocycles. The Morgan fingerprint density at radius 1 is 1.07 bits per heavy atom. The van der Waals surface area contributed by atoms with Crippen LogP contribution in [-0.4, -0.2) is 44.7 Å². The molecule has 82 valence electrons. The van der Waals surface area contributed by atoms with Gasteiger partial charge >= 0.3 is 6.03 Å². The molecule has 14 heavy (non-hydrogen) atoms. The Morgan fingerprint density at radius 3 is 1.64 bits per heavy atom. The van der Waals surface area contributed by atoms with Gasteiger partial charge in [-0.3, -0.25) is 4.79 Å². The first-order chi connectivity index (χ1) is 6.63. The predicted octanol–water partition coefficient (Wildman–Crippen LogP) is -2.68. The molecule has 7 N–H and O–H groups in total. The van der Waals surface area contributed by atoms with Crippen LogP contribution in [-0.2, 0) is 4.79 Å². The number of piperazine rings is 1. The highest BCUT2D eigenvalue weighted by atomic mass is 16.2. The van der Waals surface area contributed by atoms with E-state index in [9.17, 15) is 9.59 Å². The number of nitrogens with one attached hydrogen (secondary N) is 3. The second kappa shape index (κ2) is 8.27. The maximum absolute atomic E-state index is 9.86. The molecule has 1 heterocycles. The molecule has 1 aliphatic heterocycles. The number of rotatable bonds is 2. The van der Waals surface area contributed by atoms with E-state index in [1.165, 1.54) is 0 Å². The minimum Gasteiger partial charge on any atom is -0.368 e. The Morgan fingerprint density at radius 2 is 1.50 bits per heavy atom. The van der Waals surface area contributed by atoms with Gasteiger partial charge in [-0.1, -0.05) is 0 Å². The summed E-state index contributed by atoms with van der Waals surface area (Å²) >= 11 is 0. The molecule has 1 saturated heterocycles. The van der Waals surface area contributed by atoms with E-state index >= 15 is 0 Å². The maximum Gasteiger partial charge on any atom is 0.312 e. The van der Waals surface area contributed by atoms with Crippen LogP contribution in [0.4, 0.5) is 4.79 Å². The molecule has 0 saturated carbocycles. The van der Waals surface area contributed by atoms with Crippen LogP contribution in [0.3, 0.4) is 0 Å². The van der Waals surface area contributed by atoms with Crippen molar-refractivity contribution in [2.24, 2.45) is 11.5 Å². The van der Waals surface area contributed by atoms with E-state index < -0.39 is 11.9 Å². The third-order valence-electron chi connectivity index (χ3n) is 1.39. The summed E-state index contributed by atoms with van der Waals surface area (Å²) in [5.74, 6) is -0.608. The lowest BCUT2D eigenvalue weighted by atomic mass is 10.4. The molecule has 0 aromatic heterocycles. The quantitative estimate of drug-likeness (QED) is 0.335. The van der Waals surface area contributed by atoms with Crippen molar-refractivity contribution in [3.63, 3.8) is 0 Å². The first kappa shape index (κ1) is 12.7. The lowest BCUT2D eigenvalue weighted by molar-refractivity contribution is -0.117. The van der Waals surface area contributed by atoms with E-state index in [-0.39, 0.29) is 6.54 Å². The smallest absolute Gasteiger partial charge is 0.312 e. The van der Waals surface area contributed by atoms with Crippen LogP contribution in [0.1, 0.15) is 0 Å². The van der Waals surface area contributed by atoms with Crippen molar-refractivity contribution in [3.05, 3.63) is 0 Å². The maximum atomic E-state index is 9.86. The van der Waals surface area contributed by atoms with Crippen molar-refractivity contribution in [3.8, 4) is 0 Å². The van der Waals surface area contributed by atoms with Crippen LogP contribution in [0.2, 0.25) is 0 Å². The summed E-state index contributed by atoms with van der Waals surface area (Å²) < 4.78 is 0. The fraction of sp³-hybridized carbons (Fsp3) is 0.714. The van der Waals surface area contributed by atoms with Gasteiger partial charge < -0.3 is 27.4 Å². The minimum absolute atomic E-state index is 0.199. The van der Waals surface area contributed by atoms with Gasteiger partial charge in [0, 0.05) is 26.2 Å². The molecule has 1 aliphatic rings. The van der Waals surface area contributed by atoms with Crippen LogP contribution in [0.25, 0.3) is 0 Å². The third kappa shape index (κ3) is 10.7. The highest BCUT2D eigenvalue weighted by Crippen LogP contribution is 1.65. The van der Waals surface area contributed by atoms with Crippen molar-refractivity contribution in [2.45, 2.75) is 0 Å². The number of nitrogens with two attached hydrogens (primary N) is 2. The van der Waals surface area contributed by atoms with E-state index in [2.05, 4.69) is 22.1 Å². The van der Waals surface area contributed by atoms with Crippen LogP contribution in [0, 0.1) is 0 Å². The molecule has 1 fully saturated rings.